The molecule has 1 rings (SSSR count). The first-order valence-corrected chi connectivity index (χ1v) is 7.16. The van der Waals surface area contributed by atoms with Crippen molar-refractivity contribution in [3.63, 3.8) is 0 Å². The van der Waals surface area contributed by atoms with Gasteiger partial charge in [-0.25, -0.2) is 4.79 Å². The lowest BCUT2D eigenvalue weighted by Crippen LogP contribution is -2.11. The van der Waals surface area contributed by atoms with Gasteiger partial charge in [0.2, 0.25) is 0 Å². The zero-order valence-electron chi connectivity index (χ0n) is 11.3. The van der Waals surface area contributed by atoms with Crippen LogP contribution < -0.4 is 0 Å². The molecule has 1 atom stereocenters. The molecule has 1 fully saturated rings. The summed E-state index contributed by atoms with van der Waals surface area (Å²) < 4.78 is 4.62. The lowest BCUT2D eigenvalue weighted by molar-refractivity contribution is -0.135. The SMILES string of the molecule is COC(=O)C(C#N)=C1CCCC1C(SC)=C(C#N)C#N. The number of ether oxygens (including phenoxy) is 1. The third-order valence-electron chi connectivity index (χ3n) is 3.19. The van der Waals surface area contributed by atoms with Crippen LogP contribution in [0.1, 0.15) is 19.3 Å². The number of methoxy groups -OCH3 is 1. The molecule has 0 heterocycles. The molecule has 0 aliphatic heterocycles. The van der Waals surface area contributed by atoms with Crippen LogP contribution in [0.5, 0.6) is 0 Å². The van der Waals surface area contributed by atoms with E-state index in [1.54, 1.807) is 6.26 Å². The second-order valence-corrected chi connectivity index (χ2v) is 4.96. The van der Waals surface area contributed by atoms with Gasteiger partial charge in [-0.3, -0.25) is 0 Å². The molecule has 5 nitrogen and oxygen atoms in total. The van der Waals surface area contributed by atoms with Crippen molar-refractivity contribution in [2.45, 2.75) is 19.3 Å². The van der Waals surface area contributed by atoms with E-state index >= 15 is 0 Å². The van der Waals surface area contributed by atoms with Gasteiger partial charge in [0.05, 0.1) is 7.11 Å². The predicted molar refractivity (Wildman–Crippen MR) is 73.8 cm³/mol. The molecular weight excluding hydrogens is 274 g/mol. The van der Waals surface area contributed by atoms with Crippen LogP contribution in [0.2, 0.25) is 0 Å². The summed E-state index contributed by atoms with van der Waals surface area (Å²) in [5, 5.41) is 27.2. The van der Waals surface area contributed by atoms with Gasteiger partial charge in [-0.05, 0) is 31.1 Å². The predicted octanol–water partition coefficient (Wildman–Crippen LogP) is 2.44. The van der Waals surface area contributed by atoms with Gasteiger partial charge < -0.3 is 4.74 Å². The van der Waals surface area contributed by atoms with E-state index in [1.165, 1.54) is 18.9 Å². The van der Waals surface area contributed by atoms with Gasteiger partial charge in [-0.2, -0.15) is 15.8 Å². The number of carbonyl (C=O) groups excluding carboxylic acids is 1. The van der Waals surface area contributed by atoms with Crippen molar-refractivity contribution in [1.29, 1.82) is 15.8 Å². The minimum Gasteiger partial charge on any atom is -0.465 e. The number of hydrogen-bond donors (Lipinski definition) is 0. The molecule has 1 aliphatic carbocycles. The number of carbonyl (C=O) groups is 1. The van der Waals surface area contributed by atoms with Crippen LogP contribution in [-0.4, -0.2) is 19.3 Å². The smallest absolute Gasteiger partial charge is 0.348 e. The number of nitrogens with zero attached hydrogens (tertiary/aromatic N) is 3. The average molecular weight is 287 g/mol. The maximum atomic E-state index is 11.6. The molecule has 0 N–H and O–H groups in total. The molecule has 1 aliphatic rings. The van der Waals surface area contributed by atoms with Crippen molar-refractivity contribution in [3.8, 4) is 18.2 Å². The summed E-state index contributed by atoms with van der Waals surface area (Å²) in [7, 11) is 1.23. The summed E-state index contributed by atoms with van der Waals surface area (Å²) in [5.41, 5.74) is 0.715. The van der Waals surface area contributed by atoms with Crippen molar-refractivity contribution >= 4 is 17.7 Å². The minimum absolute atomic E-state index is 0.00298. The molecule has 0 saturated heterocycles. The van der Waals surface area contributed by atoms with Gasteiger partial charge in [0.25, 0.3) is 0 Å². The van der Waals surface area contributed by atoms with Crippen LogP contribution in [0.25, 0.3) is 0 Å². The Morgan fingerprint density at radius 3 is 2.40 bits per heavy atom. The fraction of sp³-hybridized carbons (Fsp3) is 0.429. The van der Waals surface area contributed by atoms with Gasteiger partial charge in [0.15, 0.2) is 0 Å². The molecule has 0 bridgehead atoms. The molecule has 6 heteroatoms. The van der Waals surface area contributed by atoms with Crippen molar-refractivity contribution in [1.82, 2.24) is 0 Å². The standard InChI is InChI=1S/C14H13N3O2S/c1-19-14(18)12(8-17)10-4-3-5-11(10)13(20-2)9(6-15)7-16/h11H,3-5H2,1-2H3. The quantitative estimate of drug-likeness (QED) is 0.449. The second-order valence-electron chi connectivity index (χ2n) is 4.12. The van der Waals surface area contributed by atoms with Crippen LogP contribution in [0.4, 0.5) is 0 Å². The van der Waals surface area contributed by atoms with Gasteiger partial charge in [-0.1, -0.05) is 0 Å². The average Bonchev–Trinajstić information content (AvgIpc) is 2.94. The summed E-state index contributed by atoms with van der Waals surface area (Å²) in [6.45, 7) is 0. The Labute approximate surface area is 122 Å². The van der Waals surface area contributed by atoms with Crippen molar-refractivity contribution in [2.24, 2.45) is 5.92 Å². The summed E-state index contributed by atoms with van der Waals surface area (Å²) in [5.74, 6) is -0.877. The number of hydrogen-bond acceptors (Lipinski definition) is 6. The molecule has 0 radical (unpaired) electrons. The summed E-state index contributed by atoms with van der Waals surface area (Å²) in [6.07, 6.45) is 3.93. The van der Waals surface area contributed by atoms with E-state index in [4.69, 9.17) is 15.8 Å². The van der Waals surface area contributed by atoms with Gasteiger partial charge in [-0.15, -0.1) is 11.8 Å². The maximum absolute atomic E-state index is 11.6. The third kappa shape index (κ3) is 3.02. The summed E-state index contributed by atoms with van der Waals surface area (Å²) >= 11 is 1.31. The van der Waals surface area contributed by atoms with Crippen LogP contribution in [-0.2, 0) is 9.53 Å². The van der Waals surface area contributed by atoms with E-state index in [9.17, 15) is 4.79 Å². The molecule has 1 unspecified atom stereocenters. The lowest BCUT2D eigenvalue weighted by atomic mass is 9.95. The highest BCUT2D eigenvalue weighted by atomic mass is 32.2. The Bertz CT molecular complexity index is 583. The van der Waals surface area contributed by atoms with Crippen molar-refractivity contribution in [2.75, 3.05) is 13.4 Å². The highest BCUT2D eigenvalue weighted by Crippen LogP contribution is 2.43. The highest BCUT2D eigenvalue weighted by Gasteiger charge is 2.31. The topological polar surface area (TPSA) is 97.7 Å². The van der Waals surface area contributed by atoms with Crippen LogP contribution in [0.3, 0.4) is 0 Å². The highest BCUT2D eigenvalue weighted by molar-refractivity contribution is 8.02. The number of rotatable bonds is 3. The summed E-state index contributed by atoms with van der Waals surface area (Å²) in [4.78, 5) is 12.3. The number of allylic oxidation sites excluding steroid dienone is 3. The molecule has 0 aromatic heterocycles. The molecular formula is C14H13N3O2S. The van der Waals surface area contributed by atoms with Gasteiger partial charge in [0, 0.05) is 10.8 Å². The van der Waals surface area contributed by atoms with Crippen molar-refractivity contribution in [3.05, 3.63) is 21.6 Å². The van der Waals surface area contributed by atoms with E-state index in [0.29, 0.717) is 16.9 Å². The Morgan fingerprint density at radius 2 is 1.95 bits per heavy atom. The Hall–Kier alpha value is -2.23. The van der Waals surface area contributed by atoms with E-state index in [1.807, 2.05) is 18.2 Å². The second kappa shape index (κ2) is 7.38. The molecule has 102 valence electrons. The molecule has 0 aromatic carbocycles. The van der Waals surface area contributed by atoms with E-state index in [2.05, 4.69) is 4.74 Å². The molecule has 20 heavy (non-hydrogen) atoms. The fourth-order valence-corrected chi connectivity index (χ4v) is 3.18. The lowest BCUT2D eigenvalue weighted by Gasteiger charge is -2.16. The third-order valence-corrected chi connectivity index (χ3v) is 4.12. The molecule has 0 spiro atoms. The first-order chi connectivity index (χ1) is 9.64. The first-order valence-electron chi connectivity index (χ1n) is 5.94. The monoisotopic (exact) mass is 287 g/mol. The number of thioether (sulfide) groups is 1. The Balaban J connectivity index is 3.40. The Morgan fingerprint density at radius 1 is 1.30 bits per heavy atom. The normalized spacial score (nSPS) is 19.2. The largest absolute Gasteiger partial charge is 0.465 e. The summed E-state index contributed by atoms with van der Waals surface area (Å²) in [6, 6.07) is 5.64. The zero-order chi connectivity index (χ0) is 15.1. The van der Waals surface area contributed by atoms with E-state index in [-0.39, 0.29) is 17.1 Å². The maximum Gasteiger partial charge on any atom is 0.348 e. The van der Waals surface area contributed by atoms with Crippen LogP contribution >= 0.6 is 11.8 Å². The van der Waals surface area contributed by atoms with E-state index in [0.717, 1.165) is 12.8 Å². The number of esters is 1. The number of nitriles is 3. The van der Waals surface area contributed by atoms with Crippen LogP contribution in [0.15, 0.2) is 21.6 Å². The van der Waals surface area contributed by atoms with E-state index < -0.39 is 5.97 Å². The molecule has 0 amide bonds. The van der Waals surface area contributed by atoms with Gasteiger partial charge >= 0.3 is 5.97 Å². The zero-order valence-corrected chi connectivity index (χ0v) is 12.1. The Kier molecular flexibility index (Phi) is 5.84. The minimum atomic E-state index is -0.662. The molecule has 1 saturated carbocycles. The molecule has 0 aromatic rings. The van der Waals surface area contributed by atoms with Crippen molar-refractivity contribution < 1.29 is 9.53 Å². The fourth-order valence-electron chi connectivity index (χ4n) is 2.34. The van der Waals surface area contributed by atoms with Crippen LogP contribution in [0, 0.1) is 39.9 Å². The first kappa shape index (κ1) is 15.8. The van der Waals surface area contributed by atoms with Gasteiger partial charge in [0.1, 0.15) is 29.4 Å².